The van der Waals surface area contributed by atoms with Crippen molar-refractivity contribution in [2.75, 3.05) is 45.8 Å². The van der Waals surface area contributed by atoms with E-state index in [1.165, 1.54) is 4.31 Å². The fourth-order valence-corrected chi connectivity index (χ4v) is 3.60. The maximum atomic E-state index is 12.0. The lowest BCUT2D eigenvalue weighted by atomic mass is 10.2. The molecule has 0 aromatic carbocycles. The highest BCUT2D eigenvalue weighted by atomic mass is 32.2. The molecule has 1 amide bonds. The van der Waals surface area contributed by atoms with Crippen LogP contribution in [0.15, 0.2) is 0 Å². The Kier molecular flexibility index (Phi) is 5.14. The summed E-state index contributed by atoms with van der Waals surface area (Å²) in [6.45, 7) is 3.79. The van der Waals surface area contributed by atoms with E-state index in [9.17, 15) is 13.2 Å². The molecule has 0 saturated carbocycles. The third kappa shape index (κ3) is 4.13. The number of hydrogen-bond donors (Lipinski definition) is 2. The summed E-state index contributed by atoms with van der Waals surface area (Å²) >= 11 is 0. The third-order valence-electron chi connectivity index (χ3n) is 3.53. The molecular weight excluding hydrogens is 268 g/mol. The number of nitrogens with one attached hydrogen (secondary N) is 2. The summed E-state index contributed by atoms with van der Waals surface area (Å²) in [7, 11) is -3.50. The Bertz CT molecular complexity index is 400. The van der Waals surface area contributed by atoms with Crippen LogP contribution in [-0.2, 0) is 15.0 Å². The fraction of sp³-hybridized carbons (Fsp3) is 0.909. The minimum absolute atomic E-state index is 0.140. The molecule has 19 heavy (non-hydrogen) atoms. The molecule has 0 aliphatic carbocycles. The number of hydrogen-bond acceptors (Lipinski definition) is 4. The van der Waals surface area contributed by atoms with Gasteiger partial charge in [0.25, 0.3) is 10.2 Å². The predicted octanol–water partition coefficient (Wildman–Crippen LogP) is -1.26. The molecule has 2 heterocycles. The normalized spacial score (nSPS) is 22.4. The van der Waals surface area contributed by atoms with E-state index in [0.29, 0.717) is 26.2 Å². The predicted molar refractivity (Wildman–Crippen MR) is 71.8 cm³/mol. The van der Waals surface area contributed by atoms with Crippen LogP contribution in [0.4, 0.5) is 0 Å². The summed E-state index contributed by atoms with van der Waals surface area (Å²) in [5.41, 5.74) is 0. The molecule has 2 rings (SSSR count). The number of carbonyl (C=O) groups is 1. The average molecular weight is 290 g/mol. The molecule has 0 aromatic heterocycles. The molecule has 2 aliphatic rings. The van der Waals surface area contributed by atoms with Gasteiger partial charge in [-0.3, -0.25) is 4.79 Å². The first-order valence-corrected chi connectivity index (χ1v) is 8.27. The maximum Gasteiger partial charge on any atom is 0.279 e. The summed E-state index contributed by atoms with van der Waals surface area (Å²) < 4.78 is 27.9. The minimum Gasteiger partial charge on any atom is -0.339 e. The molecule has 2 fully saturated rings. The number of piperidine rings is 1. The van der Waals surface area contributed by atoms with E-state index in [0.717, 1.165) is 32.4 Å². The van der Waals surface area contributed by atoms with Crippen molar-refractivity contribution in [3.05, 3.63) is 0 Å². The first kappa shape index (κ1) is 14.7. The highest BCUT2D eigenvalue weighted by molar-refractivity contribution is 7.87. The molecule has 0 unspecified atom stereocenters. The molecule has 7 nitrogen and oxygen atoms in total. The zero-order valence-corrected chi connectivity index (χ0v) is 11.9. The van der Waals surface area contributed by atoms with Gasteiger partial charge in [-0.15, -0.1) is 0 Å². The molecule has 2 N–H and O–H groups in total. The zero-order chi connectivity index (χ0) is 13.7. The smallest absolute Gasteiger partial charge is 0.279 e. The number of rotatable bonds is 4. The molecule has 2 aliphatic heterocycles. The van der Waals surface area contributed by atoms with Gasteiger partial charge in [0.15, 0.2) is 0 Å². The average Bonchev–Trinajstić information content (AvgIpc) is 2.47. The van der Waals surface area contributed by atoms with Crippen molar-refractivity contribution < 1.29 is 13.2 Å². The van der Waals surface area contributed by atoms with E-state index in [4.69, 9.17) is 0 Å². The van der Waals surface area contributed by atoms with Crippen LogP contribution >= 0.6 is 0 Å². The summed E-state index contributed by atoms with van der Waals surface area (Å²) in [6, 6.07) is 0. The van der Waals surface area contributed by atoms with Gasteiger partial charge in [-0.2, -0.15) is 17.4 Å². The van der Waals surface area contributed by atoms with Gasteiger partial charge in [-0.25, -0.2) is 0 Å². The largest absolute Gasteiger partial charge is 0.339 e. The van der Waals surface area contributed by atoms with Gasteiger partial charge >= 0.3 is 0 Å². The Morgan fingerprint density at radius 3 is 2.32 bits per heavy atom. The third-order valence-corrected chi connectivity index (χ3v) is 5.08. The molecule has 0 atom stereocenters. The second kappa shape index (κ2) is 6.65. The van der Waals surface area contributed by atoms with Crippen LogP contribution in [0.2, 0.25) is 0 Å². The first-order chi connectivity index (χ1) is 9.09. The van der Waals surface area contributed by atoms with Crippen molar-refractivity contribution in [2.24, 2.45) is 0 Å². The second-order valence-electron chi connectivity index (χ2n) is 4.92. The van der Waals surface area contributed by atoms with E-state index < -0.39 is 10.2 Å². The second-order valence-corrected chi connectivity index (χ2v) is 6.67. The molecular formula is C11H22N4O3S. The lowest BCUT2D eigenvalue weighted by Crippen LogP contribution is -2.51. The summed E-state index contributed by atoms with van der Waals surface area (Å²) in [4.78, 5) is 13.6. The molecule has 2 saturated heterocycles. The van der Waals surface area contributed by atoms with Crippen molar-refractivity contribution in [3.8, 4) is 0 Å². The standard InChI is InChI=1S/C11H22N4O3S/c16-11(14-8-4-12-5-9-14)10-13-19(17,18)15-6-2-1-3-7-15/h12-13H,1-10H2. The van der Waals surface area contributed by atoms with Crippen molar-refractivity contribution in [1.29, 1.82) is 0 Å². The Labute approximate surface area is 114 Å². The van der Waals surface area contributed by atoms with Gasteiger partial charge in [0.05, 0.1) is 6.54 Å². The lowest BCUT2D eigenvalue weighted by Gasteiger charge is -2.29. The van der Waals surface area contributed by atoms with Crippen molar-refractivity contribution in [2.45, 2.75) is 19.3 Å². The molecule has 0 aromatic rings. The SMILES string of the molecule is O=C(CNS(=O)(=O)N1CCCCC1)N1CCNCC1. The Morgan fingerprint density at radius 1 is 1.05 bits per heavy atom. The van der Waals surface area contributed by atoms with Crippen LogP contribution in [0.5, 0.6) is 0 Å². The van der Waals surface area contributed by atoms with Gasteiger partial charge in [0.2, 0.25) is 5.91 Å². The number of piperazine rings is 1. The molecule has 110 valence electrons. The zero-order valence-electron chi connectivity index (χ0n) is 11.1. The van der Waals surface area contributed by atoms with Crippen molar-refractivity contribution in [3.63, 3.8) is 0 Å². The van der Waals surface area contributed by atoms with Gasteiger partial charge in [0.1, 0.15) is 0 Å². The summed E-state index contributed by atoms with van der Waals surface area (Å²) in [6.07, 6.45) is 2.87. The van der Waals surface area contributed by atoms with Gasteiger partial charge in [0, 0.05) is 39.3 Å². The van der Waals surface area contributed by atoms with Crippen LogP contribution in [0.3, 0.4) is 0 Å². The fourth-order valence-electron chi connectivity index (χ4n) is 2.38. The minimum atomic E-state index is -3.50. The van der Waals surface area contributed by atoms with Crippen molar-refractivity contribution >= 4 is 16.1 Å². The van der Waals surface area contributed by atoms with E-state index >= 15 is 0 Å². The van der Waals surface area contributed by atoms with Gasteiger partial charge in [-0.05, 0) is 12.8 Å². The Hall–Kier alpha value is -0.700. The van der Waals surface area contributed by atoms with Crippen LogP contribution in [0.1, 0.15) is 19.3 Å². The quantitative estimate of drug-likeness (QED) is 0.677. The van der Waals surface area contributed by atoms with Crippen LogP contribution in [-0.4, -0.2) is 69.3 Å². The maximum absolute atomic E-state index is 12.0. The van der Waals surface area contributed by atoms with Gasteiger partial charge < -0.3 is 10.2 Å². The molecule has 0 spiro atoms. The van der Waals surface area contributed by atoms with E-state index in [1.807, 2.05) is 0 Å². The number of nitrogens with zero attached hydrogens (tertiary/aromatic N) is 2. The van der Waals surface area contributed by atoms with E-state index in [2.05, 4.69) is 10.0 Å². The highest BCUT2D eigenvalue weighted by Crippen LogP contribution is 2.11. The van der Waals surface area contributed by atoms with Crippen LogP contribution < -0.4 is 10.0 Å². The van der Waals surface area contributed by atoms with Gasteiger partial charge in [-0.1, -0.05) is 6.42 Å². The summed E-state index contributed by atoms with van der Waals surface area (Å²) in [5, 5.41) is 3.15. The van der Waals surface area contributed by atoms with Crippen molar-refractivity contribution in [1.82, 2.24) is 19.2 Å². The highest BCUT2D eigenvalue weighted by Gasteiger charge is 2.25. The van der Waals surface area contributed by atoms with E-state index in [1.54, 1.807) is 4.90 Å². The molecule has 0 radical (unpaired) electrons. The summed E-state index contributed by atoms with van der Waals surface area (Å²) in [5.74, 6) is -0.151. The monoisotopic (exact) mass is 290 g/mol. The topological polar surface area (TPSA) is 81.8 Å². The first-order valence-electron chi connectivity index (χ1n) is 6.83. The van der Waals surface area contributed by atoms with E-state index in [-0.39, 0.29) is 12.5 Å². The number of amides is 1. The lowest BCUT2D eigenvalue weighted by molar-refractivity contribution is -0.130. The Morgan fingerprint density at radius 2 is 1.68 bits per heavy atom. The van der Waals surface area contributed by atoms with Crippen LogP contribution in [0.25, 0.3) is 0 Å². The van der Waals surface area contributed by atoms with Crippen LogP contribution in [0, 0.1) is 0 Å². The number of carbonyl (C=O) groups excluding carboxylic acids is 1. The molecule has 8 heteroatoms. The molecule has 0 bridgehead atoms. The Balaban J connectivity index is 1.81.